The van der Waals surface area contributed by atoms with Gasteiger partial charge in [0.2, 0.25) is 11.8 Å². The number of nitrogens with zero attached hydrogens (tertiary/aromatic N) is 5. The lowest BCUT2D eigenvalue weighted by Crippen LogP contribution is -2.36. The number of rotatable bonds is 10. The van der Waals surface area contributed by atoms with Gasteiger partial charge in [0.05, 0.1) is 32.4 Å². The minimum absolute atomic E-state index is 0.0122. The lowest BCUT2D eigenvalue weighted by Gasteiger charge is -2.23. The van der Waals surface area contributed by atoms with E-state index >= 15 is 0 Å². The first-order valence-corrected chi connectivity index (χ1v) is 11.0. The van der Waals surface area contributed by atoms with Gasteiger partial charge in [-0.1, -0.05) is 17.3 Å². The van der Waals surface area contributed by atoms with Crippen LogP contribution in [0.25, 0.3) is 0 Å². The summed E-state index contributed by atoms with van der Waals surface area (Å²) in [5.41, 5.74) is 0.470. The number of benzene rings is 1. The Labute approximate surface area is 200 Å². The van der Waals surface area contributed by atoms with Gasteiger partial charge in [-0.3, -0.25) is 19.3 Å². The van der Waals surface area contributed by atoms with Gasteiger partial charge in [-0.2, -0.15) is 4.98 Å². The number of para-hydroxylation sites is 2. The molecule has 2 aromatic rings. The summed E-state index contributed by atoms with van der Waals surface area (Å²) in [4.78, 5) is 57.4. The van der Waals surface area contributed by atoms with Gasteiger partial charge in [-0.15, -0.1) is 0 Å². The van der Waals surface area contributed by atoms with Gasteiger partial charge in [0.1, 0.15) is 12.3 Å². The third-order valence-electron chi connectivity index (χ3n) is 5.71. The highest BCUT2D eigenvalue weighted by Gasteiger charge is 2.46. The third-order valence-corrected chi connectivity index (χ3v) is 5.71. The number of urea groups is 1. The molecule has 2 fully saturated rings. The predicted molar refractivity (Wildman–Crippen MR) is 117 cm³/mol. The van der Waals surface area contributed by atoms with E-state index < -0.39 is 30.3 Å². The topological polar surface area (TPSA) is 156 Å². The van der Waals surface area contributed by atoms with Crippen LogP contribution < -0.4 is 9.64 Å². The molecule has 2 aliphatic heterocycles. The van der Waals surface area contributed by atoms with Crippen molar-refractivity contribution in [1.29, 1.82) is 0 Å². The fourth-order valence-corrected chi connectivity index (χ4v) is 3.96. The average molecular weight is 487 g/mol. The Morgan fingerprint density at radius 1 is 1.23 bits per heavy atom. The van der Waals surface area contributed by atoms with E-state index in [0.29, 0.717) is 31.1 Å². The zero-order valence-electron chi connectivity index (χ0n) is 19.1. The van der Waals surface area contributed by atoms with Crippen LogP contribution in [0.5, 0.6) is 5.75 Å². The molecule has 1 aromatic heterocycles. The monoisotopic (exact) mass is 487 g/mol. The van der Waals surface area contributed by atoms with E-state index in [9.17, 15) is 24.3 Å². The molecule has 0 spiro atoms. The molecule has 4 rings (SSSR count). The van der Waals surface area contributed by atoms with Crippen molar-refractivity contribution >= 4 is 29.4 Å². The Bertz CT molecular complexity index is 1110. The maximum atomic E-state index is 12.9. The zero-order chi connectivity index (χ0) is 24.9. The summed E-state index contributed by atoms with van der Waals surface area (Å²) in [7, 11) is 1.47. The Morgan fingerprint density at radius 3 is 2.71 bits per heavy atom. The van der Waals surface area contributed by atoms with Gasteiger partial charge in [0.25, 0.3) is 0 Å². The molecule has 0 saturated carbocycles. The van der Waals surface area contributed by atoms with Crippen molar-refractivity contribution in [1.82, 2.24) is 19.9 Å². The molecule has 1 unspecified atom stereocenters. The minimum Gasteiger partial charge on any atom is -0.495 e. The fourth-order valence-electron chi connectivity index (χ4n) is 3.96. The maximum absolute atomic E-state index is 12.9. The largest absolute Gasteiger partial charge is 0.495 e. The second-order valence-corrected chi connectivity index (χ2v) is 8.04. The quantitative estimate of drug-likeness (QED) is 0.357. The van der Waals surface area contributed by atoms with Crippen LogP contribution in [0.1, 0.15) is 18.1 Å². The molecule has 3 heterocycles. The van der Waals surface area contributed by atoms with Crippen LogP contribution in [0, 0.1) is 5.92 Å². The Morgan fingerprint density at radius 2 is 2.00 bits per heavy atom. The number of carbonyl (C=O) groups is 4. The number of aliphatic hydroxyl groups excluding tert-OH is 1. The average Bonchev–Trinajstić information content (AvgIpc) is 3.58. The lowest BCUT2D eigenvalue weighted by molar-refractivity contribution is -0.143. The smallest absolute Gasteiger partial charge is 0.334 e. The van der Waals surface area contributed by atoms with Crippen molar-refractivity contribution in [2.24, 2.45) is 5.92 Å². The van der Waals surface area contributed by atoms with E-state index in [0.717, 1.165) is 9.80 Å². The van der Waals surface area contributed by atoms with Crippen molar-refractivity contribution in [3.05, 3.63) is 36.0 Å². The summed E-state index contributed by atoms with van der Waals surface area (Å²) in [6.45, 7) is 0.425. The molecular weight excluding hydrogens is 462 g/mol. The molecule has 13 heteroatoms. The highest BCUT2D eigenvalue weighted by Crippen LogP contribution is 2.28. The molecule has 5 amide bonds. The summed E-state index contributed by atoms with van der Waals surface area (Å²) < 4.78 is 15.7. The minimum atomic E-state index is -0.977. The Hall–Kier alpha value is -3.84. The second kappa shape index (κ2) is 10.6. The number of aliphatic hydroxyl groups is 1. The van der Waals surface area contributed by atoms with Gasteiger partial charge in [-0.25, -0.2) is 9.69 Å². The summed E-state index contributed by atoms with van der Waals surface area (Å²) in [6, 6.07) is 6.10. The van der Waals surface area contributed by atoms with E-state index in [1.54, 1.807) is 24.3 Å². The van der Waals surface area contributed by atoms with Gasteiger partial charge in [-0.05, 0) is 18.6 Å². The Balaban J connectivity index is 1.42. The van der Waals surface area contributed by atoms with E-state index in [1.165, 1.54) is 12.0 Å². The van der Waals surface area contributed by atoms with Gasteiger partial charge in [0, 0.05) is 25.6 Å². The molecular formula is C22H25N5O8. The number of hydrogen-bond donors (Lipinski definition) is 1. The van der Waals surface area contributed by atoms with E-state index in [1.807, 2.05) is 0 Å². The first kappa shape index (κ1) is 24.3. The van der Waals surface area contributed by atoms with E-state index in [4.69, 9.17) is 14.0 Å². The highest BCUT2D eigenvalue weighted by atomic mass is 16.5. The zero-order valence-corrected chi connectivity index (χ0v) is 19.1. The number of anilines is 1. The fraction of sp³-hybridized carbons (Fsp3) is 0.455. The molecule has 0 aliphatic carbocycles. The first-order valence-electron chi connectivity index (χ1n) is 11.0. The number of imide groups is 2. The van der Waals surface area contributed by atoms with Crippen molar-refractivity contribution in [2.75, 3.05) is 44.9 Å². The summed E-state index contributed by atoms with van der Waals surface area (Å²) in [5.74, 6) is -1.95. The number of amides is 5. The van der Waals surface area contributed by atoms with Crippen LogP contribution in [0.2, 0.25) is 0 Å². The highest BCUT2D eigenvalue weighted by molar-refractivity contribution is 6.44. The molecule has 1 aromatic carbocycles. The standard InChI is InChI=1S/C22H25N5O8/c1-33-16-5-3-2-4-15(16)25(7-8-28)19(29)10-17-23-18(35-24-17)12-27-21(31)20(30)26(22(27)32)11-14-6-9-34-13-14/h2-5,14,28H,6-13H2,1H3. The summed E-state index contributed by atoms with van der Waals surface area (Å²) >= 11 is 0. The van der Waals surface area contributed by atoms with Crippen LogP contribution in [-0.2, 0) is 32.1 Å². The summed E-state index contributed by atoms with van der Waals surface area (Å²) in [6.07, 6.45) is 0.435. The third kappa shape index (κ3) is 5.15. The van der Waals surface area contributed by atoms with Crippen LogP contribution in [0.15, 0.2) is 28.8 Å². The van der Waals surface area contributed by atoms with Crippen molar-refractivity contribution in [3.8, 4) is 5.75 Å². The number of carbonyl (C=O) groups excluding carboxylic acids is 4. The predicted octanol–water partition coefficient (Wildman–Crippen LogP) is -0.0265. The summed E-state index contributed by atoms with van der Waals surface area (Å²) in [5, 5.41) is 13.2. The van der Waals surface area contributed by atoms with Gasteiger partial charge in [0.15, 0.2) is 5.82 Å². The Kier molecular flexibility index (Phi) is 7.36. The SMILES string of the molecule is COc1ccccc1N(CCO)C(=O)Cc1noc(CN2C(=O)C(=O)N(CC3CCOC3)C2=O)n1. The van der Waals surface area contributed by atoms with Crippen LogP contribution in [0.3, 0.4) is 0 Å². The van der Waals surface area contributed by atoms with Crippen molar-refractivity contribution < 1.29 is 38.3 Å². The molecule has 2 aliphatic rings. The van der Waals surface area contributed by atoms with E-state index in [-0.39, 0.29) is 43.8 Å². The molecule has 0 radical (unpaired) electrons. The molecule has 0 bridgehead atoms. The van der Waals surface area contributed by atoms with Crippen molar-refractivity contribution in [2.45, 2.75) is 19.4 Å². The molecule has 1 atom stereocenters. The molecule has 1 N–H and O–H groups in total. The van der Waals surface area contributed by atoms with E-state index in [2.05, 4.69) is 10.1 Å². The number of aromatic nitrogens is 2. The normalized spacial score (nSPS) is 18.0. The lowest BCUT2D eigenvalue weighted by atomic mass is 10.1. The van der Waals surface area contributed by atoms with Gasteiger partial charge < -0.3 is 24.0 Å². The van der Waals surface area contributed by atoms with Crippen LogP contribution in [0.4, 0.5) is 10.5 Å². The molecule has 186 valence electrons. The maximum Gasteiger partial charge on any atom is 0.334 e. The van der Waals surface area contributed by atoms with Gasteiger partial charge >= 0.3 is 17.8 Å². The first-order chi connectivity index (χ1) is 16.9. The molecule has 13 nitrogen and oxygen atoms in total. The number of hydrogen-bond acceptors (Lipinski definition) is 10. The number of ether oxygens (including phenoxy) is 2. The van der Waals surface area contributed by atoms with Crippen LogP contribution in [-0.4, -0.2) is 88.8 Å². The molecule has 35 heavy (non-hydrogen) atoms. The van der Waals surface area contributed by atoms with Crippen LogP contribution >= 0.6 is 0 Å². The molecule has 2 saturated heterocycles. The number of methoxy groups -OCH3 is 1. The second-order valence-electron chi connectivity index (χ2n) is 8.04. The van der Waals surface area contributed by atoms with Crippen molar-refractivity contribution in [3.63, 3.8) is 0 Å².